The van der Waals surface area contributed by atoms with Gasteiger partial charge < -0.3 is 20.1 Å². The number of carboxylic acid groups (broad SMARTS) is 1. The van der Waals surface area contributed by atoms with Crippen LogP contribution in [0.5, 0.6) is 0 Å². The molecule has 2 amide bonds. The second-order valence-corrected chi connectivity index (χ2v) is 7.69. The number of likely N-dealkylation sites (tertiary alicyclic amines) is 1. The lowest BCUT2D eigenvalue weighted by atomic mass is 9.68. The molecule has 168 valence electrons. The Kier molecular flexibility index (Phi) is 6.35. The molecule has 1 atom stereocenters. The third kappa shape index (κ3) is 4.87. The summed E-state index contributed by atoms with van der Waals surface area (Å²) in [5.41, 5.74) is -1.45. The van der Waals surface area contributed by atoms with Gasteiger partial charge in [-0.05, 0) is 30.5 Å². The van der Waals surface area contributed by atoms with Gasteiger partial charge in [0.25, 0.3) is 0 Å². The second kappa shape index (κ2) is 8.66. The standard InChI is InChI=1S/C20H21F3N2O6/c21-20(22,23)13-3-1-12(2-4-13)10-25-11-19(5-7-31-8-6-19)16(28)15(18(25)30)17(29)24-9-14(26)27/h1-4,15H,5-11H2,(H,24,29)(H,26,27). The molecule has 1 aromatic rings. The van der Waals surface area contributed by atoms with Crippen LogP contribution in [0.1, 0.15) is 24.0 Å². The number of carboxylic acids is 1. The van der Waals surface area contributed by atoms with E-state index in [1.807, 2.05) is 0 Å². The number of ether oxygens (including phenoxy) is 1. The fourth-order valence-corrected chi connectivity index (χ4v) is 3.94. The summed E-state index contributed by atoms with van der Waals surface area (Å²) >= 11 is 0. The fourth-order valence-electron chi connectivity index (χ4n) is 3.94. The number of nitrogens with one attached hydrogen (secondary N) is 1. The van der Waals surface area contributed by atoms with E-state index in [1.165, 1.54) is 17.0 Å². The van der Waals surface area contributed by atoms with E-state index in [-0.39, 0.29) is 39.1 Å². The van der Waals surface area contributed by atoms with E-state index in [0.29, 0.717) is 5.56 Å². The lowest BCUT2D eigenvalue weighted by molar-refractivity contribution is -0.164. The van der Waals surface area contributed by atoms with E-state index < -0.39 is 53.2 Å². The lowest BCUT2D eigenvalue weighted by Crippen LogP contribution is -2.62. The molecule has 31 heavy (non-hydrogen) atoms. The van der Waals surface area contributed by atoms with E-state index in [0.717, 1.165) is 12.1 Å². The third-order valence-corrected chi connectivity index (χ3v) is 5.62. The highest BCUT2D eigenvalue weighted by molar-refractivity contribution is 6.21. The molecule has 1 unspecified atom stereocenters. The number of rotatable bonds is 5. The Balaban J connectivity index is 1.86. The maximum atomic E-state index is 13.1. The van der Waals surface area contributed by atoms with Gasteiger partial charge in [0.1, 0.15) is 6.54 Å². The molecule has 0 aliphatic carbocycles. The number of aliphatic carboxylic acids is 1. The summed E-state index contributed by atoms with van der Waals surface area (Å²) in [5.74, 6) is -5.41. The van der Waals surface area contributed by atoms with Crippen LogP contribution in [0, 0.1) is 11.3 Å². The lowest BCUT2D eigenvalue weighted by Gasteiger charge is -2.45. The highest BCUT2D eigenvalue weighted by atomic mass is 19.4. The first-order valence-electron chi connectivity index (χ1n) is 9.60. The number of carbonyl (C=O) groups is 4. The number of hydrogen-bond donors (Lipinski definition) is 2. The predicted molar refractivity (Wildman–Crippen MR) is 98.5 cm³/mol. The largest absolute Gasteiger partial charge is 0.480 e. The van der Waals surface area contributed by atoms with Gasteiger partial charge in [0.2, 0.25) is 11.8 Å². The van der Waals surface area contributed by atoms with Crippen molar-refractivity contribution in [3.05, 3.63) is 35.4 Å². The number of hydrogen-bond acceptors (Lipinski definition) is 5. The predicted octanol–water partition coefficient (Wildman–Crippen LogP) is 1.23. The van der Waals surface area contributed by atoms with Crippen LogP contribution in [-0.4, -0.2) is 59.9 Å². The monoisotopic (exact) mass is 442 g/mol. The van der Waals surface area contributed by atoms with Gasteiger partial charge in [0.15, 0.2) is 11.7 Å². The summed E-state index contributed by atoms with van der Waals surface area (Å²) in [7, 11) is 0. The van der Waals surface area contributed by atoms with Gasteiger partial charge in [-0.2, -0.15) is 13.2 Å². The van der Waals surface area contributed by atoms with Crippen LogP contribution in [0.15, 0.2) is 24.3 Å². The SMILES string of the molecule is O=C(O)CNC(=O)C1C(=O)N(Cc2ccc(C(F)(F)F)cc2)CC2(CCOCC2)C1=O. The van der Waals surface area contributed by atoms with Crippen molar-refractivity contribution in [2.75, 3.05) is 26.3 Å². The average Bonchev–Trinajstić information content (AvgIpc) is 2.71. The Hall–Kier alpha value is -2.95. The number of benzene rings is 1. The summed E-state index contributed by atoms with van der Waals surface area (Å²) in [5, 5.41) is 10.8. The number of ketones is 1. The van der Waals surface area contributed by atoms with E-state index in [9.17, 15) is 32.3 Å². The van der Waals surface area contributed by atoms with Crippen molar-refractivity contribution in [1.29, 1.82) is 0 Å². The fraction of sp³-hybridized carbons (Fsp3) is 0.500. The number of carbonyl (C=O) groups excluding carboxylic acids is 3. The Labute approximate surface area is 175 Å². The molecule has 2 N–H and O–H groups in total. The molecule has 1 spiro atoms. The first kappa shape index (κ1) is 22.7. The van der Waals surface area contributed by atoms with E-state index in [1.54, 1.807) is 0 Å². The molecule has 2 fully saturated rings. The summed E-state index contributed by atoms with van der Waals surface area (Å²) < 4.78 is 43.7. The molecular formula is C20H21F3N2O6. The number of piperidine rings is 1. The van der Waals surface area contributed by atoms with Crippen LogP contribution < -0.4 is 5.32 Å². The number of amides is 2. The van der Waals surface area contributed by atoms with Crippen molar-refractivity contribution >= 4 is 23.6 Å². The highest BCUT2D eigenvalue weighted by Crippen LogP contribution is 2.40. The average molecular weight is 442 g/mol. The van der Waals surface area contributed by atoms with Crippen molar-refractivity contribution in [3.63, 3.8) is 0 Å². The van der Waals surface area contributed by atoms with Gasteiger partial charge in [-0.25, -0.2) is 0 Å². The van der Waals surface area contributed by atoms with Crippen LogP contribution in [0.25, 0.3) is 0 Å². The molecular weight excluding hydrogens is 421 g/mol. The minimum atomic E-state index is -4.49. The molecule has 2 aliphatic rings. The number of alkyl halides is 3. The van der Waals surface area contributed by atoms with Crippen molar-refractivity contribution in [2.45, 2.75) is 25.6 Å². The zero-order valence-corrected chi connectivity index (χ0v) is 16.4. The highest BCUT2D eigenvalue weighted by Gasteiger charge is 2.54. The zero-order chi connectivity index (χ0) is 22.8. The molecule has 3 rings (SSSR count). The van der Waals surface area contributed by atoms with Gasteiger partial charge in [0, 0.05) is 26.3 Å². The van der Waals surface area contributed by atoms with Crippen LogP contribution in [0.3, 0.4) is 0 Å². The smallest absolute Gasteiger partial charge is 0.416 e. The number of halogens is 3. The second-order valence-electron chi connectivity index (χ2n) is 7.69. The molecule has 0 radical (unpaired) electrons. The van der Waals surface area contributed by atoms with Crippen LogP contribution in [-0.2, 0) is 36.6 Å². The maximum Gasteiger partial charge on any atom is 0.416 e. The molecule has 2 saturated heterocycles. The van der Waals surface area contributed by atoms with Crippen molar-refractivity contribution in [2.24, 2.45) is 11.3 Å². The Morgan fingerprint density at radius 1 is 1.16 bits per heavy atom. The normalized spacial score (nSPS) is 21.3. The van der Waals surface area contributed by atoms with Gasteiger partial charge in [-0.1, -0.05) is 12.1 Å². The maximum absolute atomic E-state index is 13.1. The molecule has 0 saturated carbocycles. The first-order chi connectivity index (χ1) is 14.5. The molecule has 0 aromatic heterocycles. The van der Waals surface area contributed by atoms with E-state index in [4.69, 9.17) is 9.84 Å². The zero-order valence-electron chi connectivity index (χ0n) is 16.4. The van der Waals surface area contributed by atoms with Crippen molar-refractivity contribution < 1.29 is 42.2 Å². The summed E-state index contributed by atoms with van der Waals surface area (Å²) in [6.07, 6.45) is -3.93. The van der Waals surface area contributed by atoms with E-state index in [2.05, 4.69) is 5.32 Å². The van der Waals surface area contributed by atoms with Gasteiger partial charge in [0.05, 0.1) is 11.0 Å². The van der Waals surface area contributed by atoms with E-state index >= 15 is 0 Å². The van der Waals surface area contributed by atoms with Gasteiger partial charge in [-0.15, -0.1) is 0 Å². The molecule has 1 aromatic carbocycles. The molecule has 2 heterocycles. The van der Waals surface area contributed by atoms with Crippen LogP contribution in [0.4, 0.5) is 13.2 Å². The minimum absolute atomic E-state index is 0.0117. The Morgan fingerprint density at radius 3 is 2.32 bits per heavy atom. The topological polar surface area (TPSA) is 113 Å². The number of Topliss-reactive ketones (excluding diaryl/α,β-unsaturated/α-hetero) is 1. The third-order valence-electron chi connectivity index (χ3n) is 5.62. The summed E-state index contributed by atoms with van der Waals surface area (Å²) in [6.45, 7) is -0.298. The Bertz CT molecular complexity index is 878. The quantitative estimate of drug-likeness (QED) is 0.664. The van der Waals surface area contributed by atoms with Crippen molar-refractivity contribution in [3.8, 4) is 0 Å². The van der Waals surface area contributed by atoms with Crippen LogP contribution >= 0.6 is 0 Å². The molecule has 11 heteroatoms. The van der Waals surface area contributed by atoms with Gasteiger partial charge >= 0.3 is 12.1 Å². The molecule has 0 bridgehead atoms. The summed E-state index contributed by atoms with van der Waals surface area (Å²) in [6, 6.07) is 4.28. The Morgan fingerprint density at radius 2 is 1.77 bits per heavy atom. The molecule has 2 aliphatic heterocycles. The summed E-state index contributed by atoms with van der Waals surface area (Å²) in [4.78, 5) is 50.6. The number of nitrogens with zero attached hydrogens (tertiary/aromatic N) is 1. The van der Waals surface area contributed by atoms with Crippen LogP contribution in [0.2, 0.25) is 0 Å². The first-order valence-corrected chi connectivity index (χ1v) is 9.60. The molecule has 8 nitrogen and oxygen atoms in total. The minimum Gasteiger partial charge on any atom is -0.480 e. The van der Waals surface area contributed by atoms with Crippen molar-refractivity contribution in [1.82, 2.24) is 10.2 Å². The van der Waals surface area contributed by atoms with Gasteiger partial charge in [-0.3, -0.25) is 19.2 Å².